The zero-order valence-electron chi connectivity index (χ0n) is 13.7. The summed E-state index contributed by atoms with van der Waals surface area (Å²) in [4.78, 5) is 11.7. The Kier molecular flexibility index (Phi) is 6.95. The van der Waals surface area contributed by atoms with Gasteiger partial charge in [0.25, 0.3) is 0 Å². The highest BCUT2D eigenvalue weighted by atomic mass is 32.2. The van der Waals surface area contributed by atoms with Gasteiger partial charge in [0.2, 0.25) is 5.91 Å². The van der Waals surface area contributed by atoms with Crippen LogP contribution < -0.4 is 5.32 Å². The first-order chi connectivity index (χ1) is 11.1. The monoisotopic (exact) mass is 325 g/mol. The van der Waals surface area contributed by atoms with Gasteiger partial charge in [0.1, 0.15) is 0 Å². The fourth-order valence-electron chi connectivity index (χ4n) is 2.03. The Bertz CT molecular complexity index is 644. The predicted octanol–water partition coefficient (Wildman–Crippen LogP) is 4.37. The van der Waals surface area contributed by atoms with Gasteiger partial charge in [0, 0.05) is 24.1 Å². The second kappa shape index (κ2) is 9.21. The topological polar surface area (TPSA) is 29.1 Å². The van der Waals surface area contributed by atoms with Crippen LogP contribution in [0.2, 0.25) is 0 Å². The molecule has 2 aromatic carbocycles. The van der Waals surface area contributed by atoms with Crippen LogP contribution in [-0.4, -0.2) is 18.2 Å². The molecule has 0 aromatic heterocycles. The number of rotatable bonds is 7. The lowest BCUT2D eigenvalue weighted by molar-refractivity contribution is -0.116. The normalized spacial score (nSPS) is 10.9. The first-order valence-electron chi connectivity index (χ1n) is 7.79. The average molecular weight is 325 g/mol. The van der Waals surface area contributed by atoms with Crippen LogP contribution in [0.1, 0.15) is 22.3 Å². The maximum absolute atomic E-state index is 11.7. The van der Waals surface area contributed by atoms with E-state index >= 15 is 0 Å². The van der Waals surface area contributed by atoms with E-state index in [1.54, 1.807) is 6.08 Å². The van der Waals surface area contributed by atoms with Crippen molar-refractivity contribution in [2.45, 2.75) is 19.6 Å². The van der Waals surface area contributed by atoms with E-state index in [1.165, 1.54) is 16.7 Å². The number of aryl methyl sites for hydroxylation is 2. The molecule has 0 heterocycles. The number of carbonyl (C=O) groups excluding carboxylic acids is 1. The predicted molar refractivity (Wildman–Crippen MR) is 101 cm³/mol. The molecule has 0 fully saturated rings. The molecular formula is C20H23NOS. The fourth-order valence-corrected chi connectivity index (χ4v) is 2.85. The highest BCUT2D eigenvalue weighted by Crippen LogP contribution is 2.12. The van der Waals surface area contributed by atoms with E-state index in [4.69, 9.17) is 0 Å². The Morgan fingerprint density at radius 1 is 1.00 bits per heavy atom. The van der Waals surface area contributed by atoms with E-state index in [0.29, 0.717) is 6.54 Å². The Balaban J connectivity index is 1.63. The van der Waals surface area contributed by atoms with E-state index in [1.807, 2.05) is 42.1 Å². The van der Waals surface area contributed by atoms with Crippen molar-refractivity contribution in [3.8, 4) is 0 Å². The average Bonchev–Trinajstić information content (AvgIpc) is 2.56. The minimum atomic E-state index is -0.0403. The molecule has 0 aliphatic carbocycles. The lowest BCUT2D eigenvalue weighted by Crippen LogP contribution is -2.23. The van der Waals surface area contributed by atoms with Gasteiger partial charge in [-0.25, -0.2) is 0 Å². The van der Waals surface area contributed by atoms with Crippen molar-refractivity contribution in [2.24, 2.45) is 0 Å². The van der Waals surface area contributed by atoms with Crippen LogP contribution in [0.25, 0.3) is 6.08 Å². The van der Waals surface area contributed by atoms with Gasteiger partial charge in [-0.3, -0.25) is 4.79 Å². The van der Waals surface area contributed by atoms with Crippen LogP contribution in [0, 0.1) is 13.8 Å². The minimum absolute atomic E-state index is 0.0403. The second-order valence-corrected chi connectivity index (χ2v) is 6.68. The largest absolute Gasteiger partial charge is 0.352 e. The summed E-state index contributed by atoms with van der Waals surface area (Å²) in [6.45, 7) is 4.83. The molecule has 0 atom stereocenters. The number of carbonyl (C=O) groups is 1. The van der Waals surface area contributed by atoms with Crippen molar-refractivity contribution in [3.05, 3.63) is 76.9 Å². The van der Waals surface area contributed by atoms with Gasteiger partial charge in [-0.1, -0.05) is 59.7 Å². The van der Waals surface area contributed by atoms with Crippen LogP contribution in [0.15, 0.2) is 54.6 Å². The molecule has 3 heteroatoms. The maximum atomic E-state index is 11.7. The molecule has 0 radical (unpaired) electrons. The number of hydrogen-bond acceptors (Lipinski definition) is 2. The zero-order chi connectivity index (χ0) is 16.5. The van der Waals surface area contributed by atoms with E-state index < -0.39 is 0 Å². The molecular weight excluding hydrogens is 302 g/mol. The third kappa shape index (κ3) is 6.74. The maximum Gasteiger partial charge on any atom is 0.244 e. The summed E-state index contributed by atoms with van der Waals surface area (Å²) < 4.78 is 0. The second-order valence-electron chi connectivity index (χ2n) is 5.57. The lowest BCUT2D eigenvalue weighted by Gasteiger charge is -2.04. The first kappa shape index (κ1) is 17.4. The molecule has 1 amide bonds. The molecule has 1 N–H and O–H groups in total. The smallest absolute Gasteiger partial charge is 0.244 e. The third-order valence-corrected chi connectivity index (χ3v) is 4.47. The molecule has 0 spiro atoms. The summed E-state index contributed by atoms with van der Waals surface area (Å²) in [5.74, 6) is 1.86. The number of nitrogens with one attached hydrogen (secondary N) is 1. The van der Waals surface area contributed by atoms with Crippen molar-refractivity contribution in [1.29, 1.82) is 0 Å². The number of amides is 1. The van der Waals surface area contributed by atoms with Crippen molar-refractivity contribution >= 4 is 23.7 Å². The van der Waals surface area contributed by atoms with Crippen LogP contribution in [-0.2, 0) is 10.5 Å². The van der Waals surface area contributed by atoms with Crippen LogP contribution in [0.3, 0.4) is 0 Å². The van der Waals surface area contributed by atoms with E-state index in [2.05, 4.69) is 43.4 Å². The highest BCUT2D eigenvalue weighted by molar-refractivity contribution is 7.98. The summed E-state index contributed by atoms with van der Waals surface area (Å²) in [6, 6.07) is 16.7. The van der Waals surface area contributed by atoms with Crippen LogP contribution in [0.5, 0.6) is 0 Å². The molecule has 2 aromatic rings. The van der Waals surface area contributed by atoms with E-state index in [-0.39, 0.29) is 5.91 Å². The summed E-state index contributed by atoms with van der Waals surface area (Å²) in [6.07, 6.45) is 3.43. The van der Waals surface area contributed by atoms with Gasteiger partial charge >= 0.3 is 0 Å². The van der Waals surface area contributed by atoms with Gasteiger partial charge in [0.15, 0.2) is 0 Å². The van der Waals surface area contributed by atoms with Crippen molar-refractivity contribution < 1.29 is 4.79 Å². The number of hydrogen-bond donors (Lipinski definition) is 1. The SMILES string of the molecule is Cc1ccc(/C=C/C(=O)NCCSCc2ccc(C)cc2)cc1. The molecule has 2 rings (SSSR count). The molecule has 23 heavy (non-hydrogen) atoms. The molecule has 120 valence electrons. The molecule has 2 nitrogen and oxygen atoms in total. The van der Waals surface area contributed by atoms with Gasteiger partial charge in [-0.15, -0.1) is 0 Å². The Labute approximate surface area is 143 Å². The minimum Gasteiger partial charge on any atom is -0.352 e. The fraction of sp³-hybridized carbons (Fsp3) is 0.250. The Hall–Kier alpha value is -2.00. The van der Waals surface area contributed by atoms with Crippen molar-refractivity contribution in [3.63, 3.8) is 0 Å². The molecule has 0 saturated heterocycles. The molecule has 0 unspecified atom stereocenters. The molecule has 0 aliphatic heterocycles. The standard InChI is InChI=1S/C20H23NOS/c1-16-3-7-18(8-4-16)11-12-20(22)21-13-14-23-15-19-9-5-17(2)6-10-19/h3-12H,13-15H2,1-2H3,(H,21,22)/b12-11+. The number of thioether (sulfide) groups is 1. The Morgan fingerprint density at radius 2 is 1.61 bits per heavy atom. The van der Waals surface area contributed by atoms with Crippen LogP contribution >= 0.6 is 11.8 Å². The van der Waals surface area contributed by atoms with E-state index in [0.717, 1.165) is 17.1 Å². The van der Waals surface area contributed by atoms with Crippen molar-refractivity contribution in [1.82, 2.24) is 5.32 Å². The molecule has 0 aliphatic rings. The first-order valence-corrected chi connectivity index (χ1v) is 8.95. The molecule has 0 saturated carbocycles. The molecule has 0 bridgehead atoms. The van der Waals surface area contributed by atoms with Gasteiger partial charge in [-0.05, 0) is 31.1 Å². The lowest BCUT2D eigenvalue weighted by atomic mass is 10.1. The summed E-state index contributed by atoms with van der Waals surface area (Å²) in [7, 11) is 0. The quantitative estimate of drug-likeness (QED) is 0.605. The number of benzene rings is 2. The zero-order valence-corrected chi connectivity index (χ0v) is 14.5. The highest BCUT2D eigenvalue weighted by Gasteiger charge is 1.97. The summed E-state index contributed by atoms with van der Waals surface area (Å²) in [5, 5.41) is 2.91. The van der Waals surface area contributed by atoms with Crippen molar-refractivity contribution in [2.75, 3.05) is 12.3 Å². The third-order valence-electron chi connectivity index (χ3n) is 3.44. The summed E-state index contributed by atoms with van der Waals surface area (Å²) in [5.41, 5.74) is 4.87. The Morgan fingerprint density at radius 3 is 2.26 bits per heavy atom. The van der Waals surface area contributed by atoms with Gasteiger partial charge in [-0.2, -0.15) is 11.8 Å². The van der Waals surface area contributed by atoms with Gasteiger partial charge in [0.05, 0.1) is 0 Å². The van der Waals surface area contributed by atoms with Crippen LogP contribution in [0.4, 0.5) is 0 Å². The van der Waals surface area contributed by atoms with Gasteiger partial charge < -0.3 is 5.32 Å². The van der Waals surface area contributed by atoms with E-state index in [9.17, 15) is 4.79 Å². The summed E-state index contributed by atoms with van der Waals surface area (Å²) >= 11 is 1.83.